The van der Waals surface area contributed by atoms with E-state index < -0.39 is 17.5 Å². The van der Waals surface area contributed by atoms with Crippen molar-refractivity contribution in [2.45, 2.75) is 25.9 Å². The molecule has 4 amide bonds. The van der Waals surface area contributed by atoms with Crippen molar-refractivity contribution in [1.82, 2.24) is 15.1 Å². The van der Waals surface area contributed by atoms with Crippen LogP contribution in [0.4, 0.5) is 4.79 Å². The Morgan fingerprint density at radius 2 is 1.76 bits per heavy atom. The molecule has 2 aromatic rings. The van der Waals surface area contributed by atoms with Gasteiger partial charge in [-0.3, -0.25) is 14.5 Å². The molecule has 152 valence electrons. The average Bonchev–Trinajstić information content (AvgIpc) is 2.89. The van der Waals surface area contributed by atoms with Crippen LogP contribution in [0.15, 0.2) is 42.5 Å². The Morgan fingerprint density at radius 1 is 1.10 bits per heavy atom. The van der Waals surface area contributed by atoms with Crippen LogP contribution >= 0.6 is 23.2 Å². The van der Waals surface area contributed by atoms with Gasteiger partial charge in [-0.1, -0.05) is 59.1 Å². The maximum Gasteiger partial charge on any atom is 0.325 e. The first-order valence-electron chi connectivity index (χ1n) is 9.01. The van der Waals surface area contributed by atoms with Crippen molar-refractivity contribution in [2.75, 3.05) is 13.6 Å². The van der Waals surface area contributed by atoms with Gasteiger partial charge >= 0.3 is 6.03 Å². The second kappa shape index (κ2) is 8.05. The smallest absolute Gasteiger partial charge is 0.325 e. The molecule has 1 saturated heterocycles. The molecular weight excluding hydrogens is 413 g/mol. The van der Waals surface area contributed by atoms with E-state index in [-0.39, 0.29) is 19.0 Å². The SMILES string of the molecule is Cc1ccc(C2(C)NC(=O)N(CC(=O)N(C)Cc3ccc(Cl)c(Cl)c3)C2=O)cc1. The van der Waals surface area contributed by atoms with Gasteiger partial charge < -0.3 is 10.2 Å². The summed E-state index contributed by atoms with van der Waals surface area (Å²) in [5.41, 5.74) is 1.30. The van der Waals surface area contributed by atoms with Gasteiger partial charge in [0, 0.05) is 13.6 Å². The number of likely N-dealkylation sites (N-methyl/N-ethyl adjacent to an activating group) is 1. The molecule has 1 N–H and O–H groups in total. The third-order valence-electron chi connectivity index (χ3n) is 5.03. The second-order valence-electron chi connectivity index (χ2n) is 7.31. The first-order chi connectivity index (χ1) is 13.6. The minimum absolute atomic E-state index is 0.272. The van der Waals surface area contributed by atoms with Gasteiger partial charge in [0.25, 0.3) is 5.91 Å². The Morgan fingerprint density at radius 3 is 2.38 bits per heavy atom. The number of amides is 4. The molecule has 1 aliphatic rings. The zero-order chi connectivity index (χ0) is 21.3. The normalized spacial score (nSPS) is 18.7. The van der Waals surface area contributed by atoms with E-state index in [1.54, 1.807) is 44.3 Å². The van der Waals surface area contributed by atoms with Crippen LogP contribution in [-0.4, -0.2) is 41.2 Å². The van der Waals surface area contributed by atoms with E-state index in [0.29, 0.717) is 15.6 Å². The van der Waals surface area contributed by atoms with Crippen molar-refractivity contribution in [2.24, 2.45) is 0 Å². The lowest BCUT2D eigenvalue weighted by Gasteiger charge is -2.23. The lowest BCUT2D eigenvalue weighted by atomic mass is 9.91. The largest absolute Gasteiger partial charge is 0.340 e. The highest BCUT2D eigenvalue weighted by atomic mass is 35.5. The highest BCUT2D eigenvalue weighted by Crippen LogP contribution is 2.29. The van der Waals surface area contributed by atoms with Gasteiger partial charge in [0.15, 0.2) is 0 Å². The van der Waals surface area contributed by atoms with E-state index >= 15 is 0 Å². The third kappa shape index (κ3) is 4.23. The summed E-state index contributed by atoms with van der Waals surface area (Å²) in [7, 11) is 1.60. The molecule has 3 rings (SSSR count). The van der Waals surface area contributed by atoms with Crippen molar-refractivity contribution in [3.05, 3.63) is 69.2 Å². The van der Waals surface area contributed by atoms with Crippen LogP contribution in [0.1, 0.15) is 23.6 Å². The highest BCUT2D eigenvalue weighted by Gasteiger charge is 2.49. The van der Waals surface area contributed by atoms with Crippen LogP contribution in [0.25, 0.3) is 0 Å². The number of urea groups is 1. The standard InChI is InChI=1S/C21H21Cl2N3O3/c1-13-4-7-15(8-5-13)21(2)19(28)26(20(29)24-21)12-18(27)25(3)11-14-6-9-16(22)17(23)10-14/h4-10H,11-12H2,1-3H3,(H,24,29). The Kier molecular flexibility index (Phi) is 5.87. The summed E-state index contributed by atoms with van der Waals surface area (Å²) in [5, 5.41) is 3.53. The lowest BCUT2D eigenvalue weighted by Crippen LogP contribution is -2.43. The summed E-state index contributed by atoms with van der Waals surface area (Å²) >= 11 is 11.9. The molecule has 2 aromatic carbocycles. The Balaban J connectivity index is 1.71. The van der Waals surface area contributed by atoms with Crippen molar-refractivity contribution < 1.29 is 14.4 Å². The molecule has 0 saturated carbocycles. The van der Waals surface area contributed by atoms with Crippen molar-refractivity contribution in [3.63, 3.8) is 0 Å². The molecule has 1 unspecified atom stereocenters. The fourth-order valence-electron chi connectivity index (χ4n) is 3.18. The molecule has 0 spiro atoms. The molecule has 0 bridgehead atoms. The lowest BCUT2D eigenvalue weighted by molar-refractivity contribution is -0.138. The first kappa shape index (κ1) is 21.1. The molecule has 8 heteroatoms. The second-order valence-corrected chi connectivity index (χ2v) is 8.13. The van der Waals surface area contributed by atoms with E-state index in [2.05, 4.69) is 5.32 Å². The van der Waals surface area contributed by atoms with Gasteiger partial charge in [0.2, 0.25) is 5.91 Å². The van der Waals surface area contributed by atoms with Gasteiger partial charge in [-0.15, -0.1) is 0 Å². The van der Waals surface area contributed by atoms with Crippen LogP contribution in [0, 0.1) is 6.92 Å². The van der Waals surface area contributed by atoms with Crippen molar-refractivity contribution >= 4 is 41.0 Å². The minimum atomic E-state index is -1.20. The van der Waals surface area contributed by atoms with Crippen LogP contribution in [0.5, 0.6) is 0 Å². The number of nitrogens with zero attached hydrogens (tertiary/aromatic N) is 2. The van der Waals surface area contributed by atoms with Gasteiger partial charge in [0.05, 0.1) is 10.0 Å². The summed E-state index contributed by atoms with van der Waals surface area (Å²) in [6.07, 6.45) is 0. The molecule has 0 radical (unpaired) electrons. The van der Waals surface area contributed by atoms with Gasteiger partial charge in [-0.2, -0.15) is 0 Å². The number of benzene rings is 2. The van der Waals surface area contributed by atoms with E-state index in [9.17, 15) is 14.4 Å². The zero-order valence-corrected chi connectivity index (χ0v) is 17.8. The molecule has 1 heterocycles. The number of rotatable bonds is 5. The number of halogens is 2. The van der Waals surface area contributed by atoms with E-state index in [1.165, 1.54) is 4.90 Å². The maximum absolute atomic E-state index is 13.0. The monoisotopic (exact) mass is 433 g/mol. The van der Waals surface area contributed by atoms with Gasteiger partial charge in [0.1, 0.15) is 12.1 Å². The number of hydrogen-bond donors (Lipinski definition) is 1. The average molecular weight is 434 g/mol. The number of aryl methyl sites for hydroxylation is 1. The van der Waals surface area contributed by atoms with E-state index in [4.69, 9.17) is 23.2 Å². The highest BCUT2D eigenvalue weighted by molar-refractivity contribution is 6.42. The number of carbonyl (C=O) groups is 3. The summed E-state index contributed by atoms with van der Waals surface area (Å²) < 4.78 is 0. The summed E-state index contributed by atoms with van der Waals surface area (Å²) in [4.78, 5) is 40.4. The van der Waals surface area contributed by atoms with E-state index in [1.807, 2.05) is 19.1 Å². The Labute approximate surface area is 179 Å². The van der Waals surface area contributed by atoms with E-state index in [0.717, 1.165) is 16.0 Å². The van der Waals surface area contributed by atoms with Gasteiger partial charge in [-0.25, -0.2) is 4.79 Å². The molecule has 1 fully saturated rings. The predicted octanol–water partition coefficient (Wildman–Crippen LogP) is 3.73. The van der Waals surface area contributed by atoms with Crippen LogP contribution < -0.4 is 5.32 Å². The maximum atomic E-state index is 13.0. The van der Waals surface area contributed by atoms with Crippen molar-refractivity contribution in [3.8, 4) is 0 Å². The predicted molar refractivity (Wildman–Crippen MR) is 112 cm³/mol. The molecule has 1 atom stereocenters. The first-order valence-corrected chi connectivity index (χ1v) is 9.76. The fraction of sp³-hybridized carbons (Fsp3) is 0.286. The molecule has 1 aliphatic heterocycles. The number of imide groups is 1. The minimum Gasteiger partial charge on any atom is -0.340 e. The summed E-state index contributed by atoms with van der Waals surface area (Å²) in [6, 6.07) is 11.9. The molecule has 0 aliphatic carbocycles. The van der Waals surface area contributed by atoms with Gasteiger partial charge in [-0.05, 0) is 37.1 Å². The molecular formula is C21H21Cl2N3O3. The van der Waals surface area contributed by atoms with Crippen LogP contribution in [0.2, 0.25) is 10.0 Å². The van der Waals surface area contributed by atoms with Crippen molar-refractivity contribution in [1.29, 1.82) is 0 Å². The quantitative estimate of drug-likeness (QED) is 0.730. The van der Waals surface area contributed by atoms with Crippen LogP contribution in [0.3, 0.4) is 0 Å². The Bertz CT molecular complexity index is 978. The number of nitrogens with one attached hydrogen (secondary N) is 1. The summed E-state index contributed by atoms with van der Waals surface area (Å²) in [6.45, 7) is 3.51. The molecule has 29 heavy (non-hydrogen) atoms. The topological polar surface area (TPSA) is 69.7 Å². The van der Waals surface area contributed by atoms with Crippen LogP contribution in [-0.2, 0) is 21.7 Å². The molecule has 0 aromatic heterocycles. The number of hydrogen-bond acceptors (Lipinski definition) is 3. The molecule has 6 nitrogen and oxygen atoms in total. The fourth-order valence-corrected chi connectivity index (χ4v) is 3.50. The Hall–Kier alpha value is -2.57. The third-order valence-corrected chi connectivity index (χ3v) is 5.77. The summed E-state index contributed by atoms with van der Waals surface area (Å²) in [5.74, 6) is -0.824. The number of carbonyl (C=O) groups excluding carboxylic acids is 3. The zero-order valence-electron chi connectivity index (χ0n) is 16.3.